The van der Waals surface area contributed by atoms with E-state index in [0.717, 1.165) is 16.8 Å². The SMILES string of the molecule is NC(=C1C(=O)Nc2ccc(N)cc21)c1ccccc1. The molecule has 0 unspecified atom stereocenters. The number of hydrogen-bond donors (Lipinski definition) is 3. The van der Waals surface area contributed by atoms with E-state index in [1.54, 1.807) is 18.2 Å². The van der Waals surface area contributed by atoms with Crippen molar-refractivity contribution in [1.29, 1.82) is 0 Å². The maximum atomic E-state index is 12.1. The number of rotatable bonds is 1. The Morgan fingerprint density at radius 3 is 2.53 bits per heavy atom. The summed E-state index contributed by atoms with van der Waals surface area (Å²) in [6.07, 6.45) is 0. The third kappa shape index (κ3) is 1.83. The monoisotopic (exact) mass is 251 g/mol. The Bertz CT molecular complexity index is 690. The van der Waals surface area contributed by atoms with Crippen LogP contribution in [0.3, 0.4) is 0 Å². The van der Waals surface area contributed by atoms with Gasteiger partial charge in [0.05, 0.1) is 11.3 Å². The average molecular weight is 251 g/mol. The normalized spacial score (nSPS) is 15.9. The fraction of sp³-hybridized carbons (Fsp3) is 0. The van der Waals surface area contributed by atoms with Gasteiger partial charge in [-0.05, 0) is 23.8 Å². The molecule has 0 aliphatic carbocycles. The van der Waals surface area contributed by atoms with Crippen LogP contribution in [0.25, 0.3) is 11.3 Å². The standard InChI is InChI=1S/C15H13N3O/c16-10-6-7-12-11(8-10)13(15(19)18-12)14(17)9-4-2-1-3-5-9/h1-8H,16-17H2,(H,18,19). The van der Waals surface area contributed by atoms with Gasteiger partial charge in [-0.3, -0.25) is 4.79 Å². The van der Waals surface area contributed by atoms with Crippen LogP contribution in [0.1, 0.15) is 11.1 Å². The molecule has 3 rings (SSSR count). The predicted molar refractivity (Wildman–Crippen MR) is 76.9 cm³/mol. The van der Waals surface area contributed by atoms with Crippen LogP contribution in [0, 0.1) is 0 Å². The topological polar surface area (TPSA) is 81.1 Å². The first kappa shape index (κ1) is 11.3. The van der Waals surface area contributed by atoms with Gasteiger partial charge >= 0.3 is 0 Å². The van der Waals surface area contributed by atoms with Crippen LogP contribution in [-0.2, 0) is 4.79 Å². The summed E-state index contributed by atoms with van der Waals surface area (Å²) in [5.74, 6) is -0.193. The van der Waals surface area contributed by atoms with Crippen molar-refractivity contribution in [2.75, 3.05) is 11.1 Å². The zero-order valence-corrected chi connectivity index (χ0v) is 10.2. The van der Waals surface area contributed by atoms with Gasteiger partial charge in [0, 0.05) is 16.9 Å². The van der Waals surface area contributed by atoms with Crippen LogP contribution in [-0.4, -0.2) is 5.91 Å². The summed E-state index contributed by atoms with van der Waals surface area (Å²) in [5, 5.41) is 2.79. The molecule has 2 aromatic carbocycles. The van der Waals surface area contributed by atoms with E-state index < -0.39 is 0 Å². The first-order chi connectivity index (χ1) is 9.16. The maximum Gasteiger partial charge on any atom is 0.258 e. The lowest BCUT2D eigenvalue weighted by molar-refractivity contribution is -0.110. The van der Waals surface area contributed by atoms with Crippen molar-refractivity contribution in [1.82, 2.24) is 0 Å². The Morgan fingerprint density at radius 2 is 1.79 bits per heavy atom. The van der Waals surface area contributed by atoms with E-state index in [1.807, 2.05) is 30.3 Å². The second-order valence-corrected chi connectivity index (χ2v) is 4.41. The van der Waals surface area contributed by atoms with Gasteiger partial charge in [-0.1, -0.05) is 30.3 Å². The van der Waals surface area contributed by atoms with Crippen LogP contribution < -0.4 is 16.8 Å². The third-order valence-corrected chi connectivity index (χ3v) is 3.14. The van der Waals surface area contributed by atoms with Gasteiger partial charge in [0.15, 0.2) is 0 Å². The molecule has 5 N–H and O–H groups in total. The van der Waals surface area contributed by atoms with Crippen molar-refractivity contribution in [2.24, 2.45) is 5.73 Å². The number of hydrogen-bond acceptors (Lipinski definition) is 3. The van der Waals surface area contributed by atoms with Gasteiger partial charge < -0.3 is 16.8 Å². The van der Waals surface area contributed by atoms with E-state index in [9.17, 15) is 4.79 Å². The predicted octanol–water partition coefficient (Wildman–Crippen LogP) is 2.05. The Kier molecular flexibility index (Phi) is 2.49. The fourth-order valence-electron chi connectivity index (χ4n) is 2.21. The molecule has 1 aliphatic heterocycles. The summed E-state index contributed by atoms with van der Waals surface area (Å²) in [7, 11) is 0. The number of carbonyl (C=O) groups excluding carboxylic acids is 1. The minimum atomic E-state index is -0.193. The Labute approximate surface area is 110 Å². The van der Waals surface area contributed by atoms with Gasteiger partial charge in [-0.2, -0.15) is 0 Å². The van der Waals surface area contributed by atoms with Crippen LogP contribution in [0.4, 0.5) is 11.4 Å². The third-order valence-electron chi connectivity index (χ3n) is 3.14. The second kappa shape index (κ2) is 4.17. The highest BCUT2D eigenvalue weighted by atomic mass is 16.2. The maximum absolute atomic E-state index is 12.1. The number of amides is 1. The Hall–Kier alpha value is -2.75. The van der Waals surface area contributed by atoms with E-state index in [4.69, 9.17) is 11.5 Å². The molecule has 0 fully saturated rings. The molecule has 94 valence electrons. The number of nitrogens with one attached hydrogen (secondary N) is 1. The van der Waals surface area contributed by atoms with Gasteiger partial charge in [0.1, 0.15) is 0 Å². The molecular formula is C15H13N3O. The zero-order chi connectivity index (χ0) is 13.4. The van der Waals surface area contributed by atoms with E-state index in [0.29, 0.717) is 17.0 Å². The number of anilines is 2. The molecule has 2 aromatic rings. The van der Waals surface area contributed by atoms with E-state index in [2.05, 4.69) is 5.32 Å². The van der Waals surface area contributed by atoms with Crippen LogP contribution >= 0.6 is 0 Å². The van der Waals surface area contributed by atoms with Gasteiger partial charge in [0.25, 0.3) is 5.91 Å². The number of nitrogen functional groups attached to an aromatic ring is 1. The lowest BCUT2D eigenvalue weighted by atomic mass is 10.0. The van der Waals surface area contributed by atoms with Crippen molar-refractivity contribution in [3.05, 3.63) is 59.7 Å². The number of fused-ring (bicyclic) bond motifs is 1. The largest absolute Gasteiger partial charge is 0.399 e. The highest BCUT2D eigenvalue weighted by Crippen LogP contribution is 2.36. The van der Waals surface area contributed by atoms with Gasteiger partial charge in [-0.15, -0.1) is 0 Å². The second-order valence-electron chi connectivity index (χ2n) is 4.41. The summed E-state index contributed by atoms with van der Waals surface area (Å²) < 4.78 is 0. The molecule has 1 amide bonds. The molecule has 4 nitrogen and oxygen atoms in total. The molecular weight excluding hydrogens is 238 g/mol. The molecule has 0 bridgehead atoms. The summed E-state index contributed by atoms with van der Waals surface area (Å²) in [4.78, 5) is 12.1. The van der Waals surface area contributed by atoms with Crippen molar-refractivity contribution in [3.63, 3.8) is 0 Å². The smallest absolute Gasteiger partial charge is 0.258 e. The molecule has 0 saturated heterocycles. The minimum Gasteiger partial charge on any atom is -0.399 e. The summed E-state index contributed by atoms with van der Waals surface area (Å²) in [5.41, 5.74) is 15.8. The molecule has 0 atom stereocenters. The first-order valence-corrected chi connectivity index (χ1v) is 5.93. The number of benzene rings is 2. The van der Waals surface area contributed by atoms with Crippen LogP contribution in [0.5, 0.6) is 0 Å². The summed E-state index contributed by atoms with van der Waals surface area (Å²) in [6.45, 7) is 0. The van der Waals surface area contributed by atoms with E-state index in [1.165, 1.54) is 0 Å². The lowest BCUT2D eigenvalue weighted by Gasteiger charge is -2.06. The summed E-state index contributed by atoms with van der Waals surface area (Å²) >= 11 is 0. The minimum absolute atomic E-state index is 0.193. The van der Waals surface area contributed by atoms with E-state index in [-0.39, 0.29) is 5.91 Å². The lowest BCUT2D eigenvalue weighted by Crippen LogP contribution is -2.09. The molecule has 1 heterocycles. The molecule has 0 saturated carbocycles. The molecule has 1 aliphatic rings. The van der Waals surface area contributed by atoms with Crippen molar-refractivity contribution >= 4 is 28.6 Å². The highest BCUT2D eigenvalue weighted by molar-refractivity contribution is 6.36. The Morgan fingerprint density at radius 1 is 1.05 bits per heavy atom. The van der Waals surface area contributed by atoms with Crippen molar-refractivity contribution < 1.29 is 4.79 Å². The number of carbonyl (C=O) groups is 1. The quantitative estimate of drug-likeness (QED) is 0.536. The molecule has 4 heteroatoms. The van der Waals surface area contributed by atoms with E-state index >= 15 is 0 Å². The molecule has 0 aromatic heterocycles. The molecule has 0 spiro atoms. The van der Waals surface area contributed by atoms with Gasteiger partial charge in [0.2, 0.25) is 0 Å². The van der Waals surface area contributed by atoms with Crippen LogP contribution in [0.15, 0.2) is 48.5 Å². The first-order valence-electron chi connectivity index (χ1n) is 5.93. The average Bonchev–Trinajstić information content (AvgIpc) is 2.74. The molecule has 0 radical (unpaired) electrons. The van der Waals surface area contributed by atoms with Gasteiger partial charge in [-0.25, -0.2) is 0 Å². The van der Waals surface area contributed by atoms with Crippen molar-refractivity contribution in [3.8, 4) is 0 Å². The fourth-order valence-corrected chi connectivity index (χ4v) is 2.21. The van der Waals surface area contributed by atoms with Crippen LogP contribution in [0.2, 0.25) is 0 Å². The zero-order valence-electron chi connectivity index (χ0n) is 10.2. The number of nitrogens with two attached hydrogens (primary N) is 2. The molecule has 19 heavy (non-hydrogen) atoms. The summed E-state index contributed by atoms with van der Waals surface area (Å²) in [6, 6.07) is 14.7. The highest BCUT2D eigenvalue weighted by Gasteiger charge is 2.27. The Balaban J connectivity index is 2.21. The van der Waals surface area contributed by atoms with Crippen molar-refractivity contribution in [2.45, 2.75) is 0 Å².